The summed E-state index contributed by atoms with van der Waals surface area (Å²) < 4.78 is 34.9. The van der Waals surface area contributed by atoms with Gasteiger partial charge in [-0.05, 0) is 30.4 Å². The van der Waals surface area contributed by atoms with E-state index in [9.17, 15) is 28.6 Å². The molecule has 1 saturated heterocycles. The van der Waals surface area contributed by atoms with E-state index in [-0.39, 0.29) is 63.4 Å². The van der Waals surface area contributed by atoms with E-state index in [0.717, 1.165) is 16.0 Å². The van der Waals surface area contributed by atoms with Crippen molar-refractivity contribution < 1.29 is 28.2 Å². The molecular formula is C29H30F2N4O5S. The van der Waals surface area contributed by atoms with Gasteiger partial charge in [0.25, 0.3) is 5.56 Å². The van der Waals surface area contributed by atoms with Crippen LogP contribution in [-0.4, -0.2) is 60.2 Å². The molecule has 1 aliphatic carbocycles. The molecule has 0 unspecified atom stereocenters. The largest absolute Gasteiger partial charge is 0.451 e. The molecule has 0 radical (unpaired) electrons. The van der Waals surface area contributed by atoms with Crippen LogP contribution >= 0.6 is 11.3 Å². The van der Waals surface area contributed by atoms with Crippen LogP contribution in [0.25, 0.3) is 21.3 Å². The molecule has 2 aliphatic rings. The fourth-order valence-corrected chi connectivity index (χ4v) is 7.04. The third-order valence-electron chi connectivity index (χ3n) is 8.43. The fraction of sp³-hybridized carbons (Fsp3) is 0.448. The predicted molar refractivity (Wildman–Crippen MR) is 148 cm³/mol. The molecule has 1 saturated carbocycles. The molecule has 0 bridgehead atoms. The summed E-state index contributed by atoms with van der Waals surface area (Å²) in [4.78, 5) is 37.8. The standard InChI is InChI=1S/C29H30F2N4O5S/c30-29(31)6-5-20(21(11-29)23-13-40-17-33-23)26(37)34-9-7-28(39,8-10-34)15-35-16-32-24-22(27(35)38)14-41-25(24)19-3-1-18(12-36)2-4-19/h1-4,13-14,16-17,20-21,36,39H,5-12,15H2/t20-,21-/m0/s1. The van der Waals surface area contributed by atoms with Crippen molar-refractivity contribution in [2.45, 2.75) is 62.7 Å². The quantitative estimate of drug-likeness (QED) is 0.349. The van der Waals surface area contributed by atoms with Crippen LogP contribution in [0.4, 0.5) is 8.78 Å². The summed E-state index contributed by atoms with van der Waals surface area (Å²) in [5.41, 5.74) is 1.16. The first-order chi connectivity index (χ1) is 19.7. The van der Waals surface area contributed by atoms with Crippen LogP contribution in [0.2, 0.25) is 0 Å². The Balaban J connectivity index is 1.14. The molecule has 1 aliphatic heterocycles. The third-order valence-corrected chi connectivity index (χ3v) is 9.44. The van der Waals surface area contributed by atoms with Gasteiger partial charge in [-0.1, -0.05) is 24.3 Å². The number of aromatic nitrogens is 3. The number of carbonyl (C=O) groups excluding carboxylic acids is 1. The van der Waals surface area contributed by atoms with E-state index in [4.69, 9.17) is 4.42 Å². The first-order valence-electron chi connectivity index (χ1n) is 13.6. The molecule has 1 amide bonds. The summed E-state index contributed by atoms with van der Waals surface area (Å²) >= 11 is 1.41. The molecule has 2 N–H and O–H groups in total. The van der Waals surface area contributed by atoms with E-state index in [0.29, 0.717) is 16.6 Å². The van der Waals surface area contributed by atoms with Crippen molar-refractivity contribution in [2.75, 3.05) is 13.1 Å². The lowest BCUT2D eigenvalue weighted by Crippen LogP contribution is -2.52. The predicted octanol–water partition coefficient (Wildman–Crippen LogP) is 4.18. The number of rotatable bonds is 6. The van der Waals surface area contributed by atoms with Crippen LogP contribution in [0.1, 0.15) is 49.3 Å². The highest BCUT2D eigenvalue weighted by Crippen LogP contribution is 2.46. The summed E-state index contributed by atoms with van der Waals surface area (Å²) in [5.74, 6) is -4.44. The molecule has 41 heavy (non-hydrogen) atoms. The van der Waals surface area contributed by atoms with Gasteiger partial charge in [-0.3, -0.25) is 14.2 Å². The van der Waals surface area contributed by atoms with E-state index in [1.54, 1.807) is 10.3 Å². The number of fused-ring (bicyclic) bond motifs is 1. The summed E-state index contributed by atoms with van der Waals surface area (Å²) in [6.07, 6.45) is 3.69. The Labute approximate surface area is 238 Å². The number of hydrogen-bond donors (Lipinski definition) is 2. The second kappa shape index (κ2) is 10.7. The number of likely N-dealkylation sites (tertiary alicyclic amines) is 1. The third kappa shape index (κ3) is 5.43. The topological polar surface area (TPSA) is 122 Å². The highest BCUT2D eigenvalue weighted by atomic mass is 32.1. The van der Waals surface area contributed by atoms with Gasteiger partial charge in [0.05, 0.1) is 46.6 Å². The van der Waals surface area contributed by atoms with Gasteiger partial charge < -0.3 is 19.5 Å². The van der Waals surface area contributed by atoms with Gasteiger partial charge in [-0.25, -0.2) is 18.7 Å². The molecule has 0 spiro atoms. The minimum Gasteiger partial charge on any atom is -0.451 e. The van der Waals surface area contributed by atoms with Gasteiger partial charge >= 0.3 is 0 Å². The zero-order chi connectivity index (χ0) is 28.8. The highest BCUT2D eigenvalue weighted by Gasteiger charge is 2.47. The maximum Gasteiger partial charge on any atom is 0.262 e. The Morgan fingerprint density at radius 2 is 1.90 bits per heavy atom. The first-order valence-corrected chi connectivity index (χ1v) is 14.5. The lowest BCUT2D eigenvalue weighted by Gasteiger charge is -2.42. The molecule has 2 atom stereocenters. The summed E-state index contributed by atoms with van der Waals surface area (Å²) in [5, 5.41) is 22.9. The van der Waals surface area contributed by atoms with Crippen molar-refractivity contribution in [3.05, 3.63) is 70.2 Å². The molecule has 216 valence electrons. The Morgan fingerprint density at radius 1 is 1.15 bits per heavy atom. The molecule has 2 fully saturated rings. The number of amides is 1. The van der Waals surface area contributed by atoms with Crippen molar-refractivity contribution in [3.8, 4) is 10.4 Å². The van der Waals surface area contributed by atoms with E-state index in [1.165, 1.54) is 34.9 Å². The molecule has 9 nitrogen and oxygen atoms in total. The van der Waals surface area contributed by atoms with Crippen molar-refractivity contribution >= 4 is 28.1 Å². The molecule has 3 aromatic heterocycles. The monoisotopic (exact) mass is 584 g/mol. The van der Waals surface area contributed by atoms with E-state index >= 15 is 0 Å². The molecule has 1 aromatic carbocycles. The second-order valence-corrected chi connectivity index (χ2v) is 12.0. The van der Waals surface area contributed by atoms with Crippen LogP contribution in [0.3, 0.4) is 0 Å². The van der Waals surface area contributed by atoms with Crippen LogP contribution in [-0.2, 0) is 17.9 Å². The number of alkyl halides is 2. The normalized spacial score (nSPS) is 22.2. The number of aliphatic hydroxyl groups excluding tert-OH is 1. The fourth-order valence-electron chi connectivity index (χ4n) is 6.04. The second-order valence-electron chi connectivity index (χ2n) is 11.1. The number of halogens is 2. The number of hydrogen-bond acceptors (Lipinski definition) is 8. The summed E-state index contributed by atoms with van der Waals surface area (Å²) in [6, 6.07) is 7.42. The first kappa shape index (κ1) is 27.7. The average molecular weight is 585 g/mol. The summed E-state index contributed by atoms with van der Waals surface area (Å²) in [7, 11) is 0. The zero-order valence-electron chi connectivity index (χ0n) is 22.2. The smallest absolute Gasteiger partial charge is 0.262 e. The van der Waals surface area contributed by atoms with Crippen LogP contribution in [0.15, 0.2) is 57.8 Å². The van der Waals surface area contributed by atoms with Crippen LogP contribution < -0.4 is 5.56 Å². The number of oxazole rings is 1. The van der Waals surface area contributed by atoms with Gasteiger partial charge in [0.2, 0.25) is 11.8 Å². The van der Waals surface area contributed by atoms with Crippen LogP contribution in [0, 0.1) is 5.92 Å². The van der Waals surface area contributed by atoms with Gasteiger partial charge in [0, 0.05) is 43.1 Å². The van der Waals surface area contributed by atoms with Crippen molar-refractivity contribution in [1.29, 1.82) is 0 Å². The van der Waals surface area contributed by atoms with Crippen LogP contribution in [0.5, 0.6) is 0 Å². The molecular weight excluding hydrogens is 554 g/mol. The Kier molecular flexibility index (Phi) is 7.25. The molecule has 4 heterocycles. The molecule has 12 heteroatoms. The van der Waals surface area contributed by atoms with Crippen molar-refractivity contribution in [3.63, 3.8) is 0 Å². The molecule has 6 rings (SSSR count). The lowest BCUT2D eigenvalue weighted by molar-refractivity contribution is -0.145. The van der Waals surface area contributed by atoms with Crippen molar-refractivity contribution in [1.82, 2.24) is 19.4 Å². The minimum absolute atomic E-state index is 0.0321. The SMILES string of the molecule is O=C([C@H]1CCC(F)(F)C[C@@H]1c1cocn1)N1CCC(O)(Cn2cnc3c(-c4ccc(CO)cc4)scc3c2=O)CC1. The Hall–Kier alpha value is -3.48. The van der Waals surface area contributed by atoms with Gasteiger partial charge in [-0.2, -0.15) is 0 Å². The van der Waals surface area contributed by atoms with Crippen molar-refractivity contribution in [2.24, 2.45) is 5.92 Å². The van der Waals surface area contributed by atoms with Gasteiger partial charge in [0.1, 0.15) is 6.26 Å². The van der Waals surface area contributed by atoms with E-state index in [2.05, 4.69) is 9.97 Å². The number of carbonyl (C=O) groups is 1. The van der Waals surface area contributed by atoms with Gasteiger partial charge in [0.15, 0.2) is 6.39 Å². The van der Waals surface area contributed by atoms with Gasteiger partial charge in [-0.15, -0.1) is 11.3 Å². The van der Waals surface area contributed by atoms with E-state index in [1.807, 2.05) is 24.3 Å². The van der Waals surface area contributed by atoms with E-state index < -0.39 is 29.8 Å². The number of benzene rings is 1. The number of aliphatic hydroxyl groups is 2. The zero-order valence-corrected chi connectivity index (χ0v) is 23.0. The minimum atomic E-state index is -2.86. The molecule has 4 aromatic rings. The average Bonchev–Trinajstić information content (AvgIpc) is 3.65. The number of piperidine rings is 1. The lowest BCUT2D eigenvalue weighted by atomic mass is 9.75. The maximum atomic E-state index is 14.2. The Morgan fingerprint density at radius 3 is 2.59 bits per heavy atom. The summed E-state index contributed by atoms with van der Waals surface area (Å²) in [6.45, 7) is 0.492. The Bertz CT molecular complexity index is 1590. The highest BCUT2D eigenvalue weighted by molar-refractivity contribution is 7.15. The number of thiophene rings is 1. The maximum absolute atomic E-state index is 14.2. The number of nitrogens with zero attached hydrogens (tertiary/aromatic N) is 4.